The average molecular weight is 217 g/mol. The molecule has 1 rings (SSSR count). The second kappa shape index (κ2) is 6.17. The van der Waals surface area contributed by atoms with E-state index in [9.17, 15) is 0 Å². The highest BCUT2D eigenvalue weighted by molar-refractivity contribution is 7.80. The molecule has 0 spiro atoms. The first-order valence-corrected chi connectivity index (χ1v) is 5.34. The second-order valence-corrected chi connectivity index (χ2v) is 3.56. The number of hydrogen-bond acceptors (Lipinski definition) is 2. The van der Waals surface area contributed by atoms with Crippen molar-refractivity contribution in [3.63, 3.8) is 0 Å². The minimum Gasteiger partial charge on any atom is -0.492 e. The van der Waals surface area contributed by atoms with Crippen LogP contribution in [0.2, 0.25) is 5.02 Å². The van der Waals surface area contributed by atoms with E-state index in [4.69, 9.17) is 16.3 Å². The maximum absolute atomic E-state index is 5.90. The zero-order valence-electron chi connectivity index (χ0n) is 7.37. The zero-order valence-corrected chi connectivity index (χ0v) is 9.02. The summed E-state index contributed by atoms with van der Waals surface area (Å²) >= 11 is 10.0. The Hall–Kier alpha value is -0.340. The van der Waals surface area contributed by atoms with Gasteiger partial charge in [-0.1, -0.05) is 23.7 Å². The van der Waals surface area contributed by atoms with Crippen LogP contribution in [0.4, 0.5) is 0 Å². The van der Waals surface area contributed by atoms with E-state index in [1.807, 2.05) is 24.3 Å². The van der Waals surface area contributed by atoms with E-state index in [2.05, 4.69) is 12.6 Å². The van der Waals surface area contributed by atoms with E-state index in [1.165, 1.54) is 0 Å². The Morgan fingerprint density at radius 1 is 1.23 bits per heavy atom. The lowest BCUT2D eigenvalue weighted by Gasteiger charge is -2.06. The molecule has 0 atom stereocenters. The first-order valence-electron chi connectivity index (χ1n) is 4.33. The summed E-state index contributed by atoms with van der Waals surface area (Å²) in [6.45, 7) is 0.713. The van der Waals surface area contributed by atoms with Crippen LogP contribution in [0.1, 0.15) is 12.8 Å². The standard InChI is InChI=1S/C10H13ClOS/c11-9-5-1-2-6-10(9)12-7-3-4-8-13/h1-2,5-6,13H,3-4,7-8H2. The highest BCUT2D eigenvalue weighted by atomic mass is 35.5. The van der Waals surface area contributed by atoms with Crippen molar-refractivity contribution in [2.75, 3.05) is 12.4 Å². The van der Waals surface area contributed by atoms with E-state index in [0.717, 1.165) is 24.3 Å². The Labute approximate surface area is 89.5 Å². The van der Waals surface area contributed by atoms with E-state index in [-0.39, 0.29) is 0 Å². The maximum atomic E-state index is 5.90. The number of ether oxygens (including phenoxy) is 1. The van der Waals surface area contributed by atoms with Gasteiger partial charge in [0.05, 0.1) is 11.6 Å². The number of unbranched alkanes of at least 4 members (excludes halogenated alkanes) is 1. The molecule has 0 unspecified atom stereocenters. The van der Waals surface area contributed by atoms with Crippen molar-refractivity contribution in [2.24, 2.45) is 0 Å². The molecule has 1 aromatic carbocycles. The monoisotopic (exact) mass is 216 g/mol. The number of hydrogen-bond donors (Lipinski definition) is 1. The fourth-order valence-electron chi connectivity index (χ4n) is 0.958. The molecule has 0 aliphatic rings. The predicted molar refractivity (Wildman–Crippen MR) is 60.0 cm³/mol. The molecule has 0 bridgehead atoms. The van der Waals surface area contributed by atoms with Crippen LogP contribution in [0.3, 0.4) is 0 Å². The van der Waals surface area contributed by atoms with Gasteiger partial charge in [0.25, 0.3) is 0 Å². The lowest BCUT2D eigenvalue weighted by molar-refractivity contribution is 0.310. The number of rotatable bonds is 5. The van der Waals surface area contributed by atoms with Crippen molar-refractivity contribution in [1.82, 2.24) is 0 Å². The minimum atomic E-state index is 0.674. The minimum absolute atomic E-state index is 0.674. The van der Waals surface area contributed by atoms with Crippen molar-refractivity contribution < 1.29 is 4.74 Å². The van der Waals surface area contributed by atoms with Crippen LogP contribution in [0.25, 0.3) is 0 Å². The summed E-state index contributed by atoms with van der Waals surface area (Å²) in [4.78, 5) is 0. The number of halogens is 1. The van der Waals surface area contributed by atoms with E-state index in [1.54, 1.807) is 0 Å². The topological polar surface area (TPSA) is 9.23 Å². The highest BCUT2D eigenvalue weighted by Crippen LogP contribution is 2.23. The lowest BCUT2D eigenvalue weighted by Crippen LogP contribution is -1.97. The first kappa shape index (κ1) is 10.7. The van der Waals surface area contributed by atoms with Crippen LogP contribution in [0, 0.1) is 0 Å². The van der Waals surface area contributed by atoms with Crippen molar-refractivity contribution in [3.8, 4) is 5.75 Å². The Morgan fingerprint density at radius 2 is 2.00 bits per heavy atom. The molecule has 0 aromatic heterocycles. The number of para-hydroxylation sites is 1. The second-order valence-electron chi connectivity index (χ2n) is 2.71. The molecule has 0 radical (unpaired) electrons. The van der Waals surface area contributed by atoms with E-state index < -0.39 is 0 Å². The van der Waals surface area contributed by atoms with Gasteiger partial charge >= 0.3 is 0 Å². The highest BCUT2D eigenvalue weighted by Gasteiger charge is 1.97. The Morgan fingerprint density at radius 3 is 2.69 bits per heavy atom. The molecule has 0 saturated carbocycles. The summed E-state index contributed by atoms with van der Waals surface area (Å²) in [5, 5.41) is 0.674. The van der Waals surface area contributed by atoms with E-state index >= 15 is 0 Å². The molecule has 1 aromatic rings. The lowest BCUT2D eigenvalue weighted by atomic mass is 10.3. The van der Waals surface area contributed by atoms with Gasteiger partial charge in [-0.2, -0.15) is 12.6 Å². The fourth-order valence-corrected chi connectivity index (χ4v) is 1.37. The van der Waals surface area contributed by atoms with Gasteiger partial charge in [0.2, 0.25) is 0 Å². The van der Waals surface area contributed by atoms with Gasteiger partial charge in [-0.05, 0) is 30.7 Å². The van der Waals surface area contributed by atoms with Crippen LogP contribution >= 0.6 is 24.2 Å². The smallest absolute Gasteiger partial charge is 0.137 e. The van der Waals surface area contributed by atoms with Crippen molar-refractivity contribution in [1.29, 1.82) is 0 Å². The average Bonchev–Trinajstić information content (AvgIpc) is 2.15. The normalized spacial score (nSPS) is 10.0. The Balaban J connectivity index is 2.32. The number of benzene rings is 1. The molecular weight excluding hydrogens is 204 g/mol. The van der Waals surface area contributed by atoms with Crippen molar-refractivity contribution in [2.45, 2.75) is 12.8 Å². The summed E-state index contributed by atoms with van der Waals surface area (Å²) < 4.78 is 5.47. The Kier molecular flexibility index (Phi) is 5.09. The van der Waals surface area contributed by atoms with Crippen LogP contribution in [0.15, 0.2) is 24.3 Å². The Bertz CT molecular complexity index is 252. The molecule has 72 valence electrons. The molecule has 13 heavy (non-hydrogen) atoms. The van der Waals surface area contributed by atoms with Crippen molar-refractivity contribution in [3.05, 3.63) is 29.3 Å². The number of thiol groups is 1. The zero-order chi connectivity index (χ0) is 9.52. The molecule has 0 amide bonds. The third-order valence-electron chi connectivity index (χ3n) is 1.65. The van der Waals surface area contributed by atoms with Crippen LogP contribution in [0.5, 0.6) is 5.75 Å². The van der Waals surface area contributed by atoms with Crippen LogP contribution < -0.4 is 4.74 Å². The molecular formula is C10H13ClOS. The molecule has 3 heteroatoms. The van der Waals surface area contributed by atoms with Crippen molar-refractivity contribution >= 4 is 24.2 Å². The SMILES string of the molecule is SCCCCOc1ccccc1Cl. The molecule has 0 aliphatic carbocycles. The summed E-state index contributed by atoms with van der Waals surface area (Å²) in [7, 11) is 0. The van der Waals surface area contributed by atoms with Gasteiger partial charge in [-0.3, -0.25) is 0 Å². The van der Waals surface area contributed by atoms with Crippen LogP contribution in [-0.2, 0) is 0 Å². The van der Waals surface area contributed by atoms with Gasteiger partial charge in [0.1, 0.15) is 5.75 Å². The largest absolute Gasteiger partial charge is 0.492 e. The molecule has 0 heterocycles. The predicted octanol–water partition coefficient (Wildman–Crippen LogP) is 3.43. The third-order valence-corrected chi connectivity index (χ3v) is 2.28. The molecule has 0 fully saturated rings. The summed E-state index contributed by atoms with van der Waals surface area (Å²) in [6.07, 6.45) is 2.10. The van der Waals surface area contributed by atoms with Gasteiger partial charge in [-0.15, -0.1) is 0 Å². The molecule has 0 saturated heterocycles. The maximum Gasteiger partial charge on any atom is 0.137 e. The first-order chi connectivity index (χ1) is 6.34. The molecule has 0 aliphatic heterocycles. The fraction of sp³-hybridized carbons (Fsp3) is 0.400. The third kappa shape index (κ3) is 3.92. The van der Waals surface area contributed by atoms with Gasteiger partial charge in [-0.25, -0.2) is 0 Å². The molecule has 0 N–H and O–H groups in total. The summed E-state index contributed by atoms with van der Waals surface area (Å²) in [5.41, 5.74) is 0. The molecule has 1 nitrogen and oxygen atoms in total. The van der Waals surface area contributed by atoms with E-state index in [0.29, 0.717) is 11.6 Å². The van der Waals surface area contributed by atoms with Crippen LogP contribution in [-0.4, -0.2) is 12.4 Å². The quantitative estimate of drug-likeness (QED) is 0.586. The van der Waals surface area contributed by atoms with Gasteiger partial charge in [0, 0.05) is 0 Å². The van der Waals surface area contributed by atoms with Gasteiger partial charge in [0.15, 0.2) is 0 Å². The summed E-state index contributed by atoms with van der Waals surface area (Å²) in [6, 6.07) is 7.52. The van der Waals surface area contributed by atoms with Gasteiger partial charge < -0.3 is 4.74 Å². The summed E-state index contributed by atoms with van der Waals surface area (Å²) in [5.74, 6) is 1.68.